The van der Waals surface area contributed by atoms with Crippen molar-refractivity contribution >= 4 is 45.7 Å². The van der Waals surface area contributed by atoms with Crippen LogP contribution in [0.1, 0.15) is 42.0 Å². The van der Waals surface area contributed by atoms with Gasteiger partial charge in [0.05, 0.1) is 11.9 Å². The van der Waals surface area contributed by atoms with E-state index >= 15 is 4.39 Å². The van der Waals surface area contributed by atoms with Gasteiger partial charge in [0.2, 0.25) is 5.95 Å². The molecule has 8 nitrogen and oxygen atoms in total. The lowest BCUT2D eigenvalue weighted by Crippen LogP contribution is -2.34. The first-order valence-electron chi connectivity index (χ1n) is 11.7. The third kappa shape index (κ3) is 6.77. The highest BCUT2D eigenvalue weighted by molar-refractivity contribution is 7.84. The fourth-order valence-corrected chi connectivity index (χ4v) is 5.10. The maximum Gasteiger partial charge on any atom is 0.229 e. The Labute approximate surface area is 212 Å². The topological polar surface area (TPSA) is 98.8 Å². The molecule has 3 aromatic rings. The van der Waals surface area contributed by atoms with Crippen LogP contribution < -0.4 is 10.6 Å². The lowest BCUT2D eigenvalue weighted by atomic mass is 9.86. The van der Waals surface area contributed by atoms with Crippen LogP contribution >= 0.6 is 11.6 Å². The van der Waals surface area contributed by atoms with Crippen LogP contribution in [0.4, 0.5) is 27.7 Å². The number of aromatic amines is 1. The summed E-state index contributed by atoms with van der Waals surface area (Å²) in [4.78, 5) is 11.0. The van der Waals surface area contributed by atoms with Gasteiger partial charge >= 0.3 is 0 Å². The third-order valence-electron chi connectivity index (χ3n) is 6.23. The quantitative estimate of drug-likeness (QED) is 0.364. The van der Waals surface area contributed by atoms with Crippen LogP contribution in [0.25, 0.3) is 0 Å². The number of H-pyrrole nitrogens is 1. The lowest BCUT2D eigenvalue weighted by molar-refractivity contribution is 0.213. The number of likely N-dealkylation sites (tertiary alicyclic amines) is 1. The normalized spacial score (nSPS) is 15.8. The van der Waals surface area contributed by atoms with Gasteiger partial charge in [-0.2, -0.15) is 10.1 Å². The van der Waals surface area contributed by atoms with Crippen molar-refractivity contribution in [2.75, 3.05) is 42.3 Å². The fraction of sp³-hybridized carbons (Fsp3) is 0.458. The van der Waals surface area contributed by atoms with Gasteiger partial charge in [-0.25, -0.2) is 9.37 Å². The van der Waals surface area contributed by atoms with E-state index in [0.29, 0.717) is 28.3 Å². The minimum absolute atomic E-state index is 0.233. The molecule has 3 N–H and O–H groups in total. The van der Waals surface area contributed by atoms with E-state index < -0.39 is 10.8 Å². The highest BCUT2D eigenvalue weighted by Gasteiger charge is 2.23. The molecule has 0 amide bonds. The molecule has 35 heavy (non-hydrogen) atoms. The van der Waals surface area contributed by atoms with Crippen LogP contribution in [-0.2, 0) is 10.8 Å². The van der Waals surface area contributed by atoms with E-state index in [1.54, 1.807) is 12.3 Å². The van der Waals surface area contributed by atoms with Gasteiger partial charge in [-0.05, 0) is 81.9 Å². The van der Waals surface area contributed by atoms with Gasteiger partial charge in [-0.3, -0.25) is 9.31 Å². The molecule has 0 spiro atoms. The zero-order chi connectivity index (χ0) is 24.9. The van der Waals surface area contributed by atoms with Crippen LogP contribution in [0.15, 0.2) is 24.4 Å². The molecule has 0 saturated carbocycles. The number of hydrogen-bond donors (Lipinski definition) is 3. The van der Waals surface area contributed by atoms with Crippen LogP contribution in [-0.4, -0.2) is 60.9 Å². The summed E-state index contributed by atoms with van der Waals surface area (Å²) in [5.74, 6) is 1.92. The molecule has 0 aliphatic carbocycles. The van der Waals surface area contributed by atoms with Crippen LogP contribution in [0.2, 0.25) is 5.02 Å². The van der Waals surface area contributed by atoms with Gasteiger partial charge in [0.15, 0.2) is 11.6 Å². The Morgan fingerprint density at radius 1 is 1.23 bits per heavy atom. The van der Waals surface area contributed by atoms with Crippen molar-refractivity contribution in [1.29, 1.82) is 0 Å². The number of anilines is 4. The van der Waals surface area contributed by atoms with E-state index in [4.69, 9.17) is 11.6 Å². The number of rotatable bonds is 9. The molecule has 0 bridgehead atoms. The van der Waals surface area contributed by atoms with E-state index in [-0.39, 0.29) is 11.8 Å². The summed E-state index contributed by atoms with van der Waals surface area (Å²) in [6, 6.07) is 5.28. The Morgan fingerprint density at radius 2 is 2.00 bits per heavy atom. The van der Waals surface area contributed by atoms with E-state index in [1.807, 2.05) is 26.0 Å². The second-order valence-electron chi connectivity index (χ2n) is 9.01. The van der Waals surface area contributed by atoms with Crippen molar-refractivity contribution in [2.45, 2.75) is 39.0 Å². The maximum absolute atomic E-state index is 15.1. The average Bonchev–Trinajstić information content (AvgIpc) is 3.23. The molecular formula is C24H31ClFN7OS. The summed E-state index contributed by atoms with van der Waals surface area (Å²) >= 11 is 6.23. The number of piperidine rings is 1. The summed E-state index contributed by atoms with van der Waals surface area (Å²) in [5, 5.41) is 13.3. The predicted molar refractivity (Wildman–Crippen MR) is 140 cm³/mol. The Bertz CT molecular complexity index is 1200. The molecule has 188 valence electrons. The highest BCUT2D eigenvalue weighted by atomic mass is 35.5. The predicted octanol–water partition coefficient (Wildman–Crippen LogP) is 5.04. The minimum atomic E-state index is -0.738. The number of hydrogen-bond acceptors (Lipinski definition) is 7. The molecule has 1 aliphatic heterocycles. The number of nitrogens with zero attached hydrogens (tertiary/aromatic N) is 4. The zero-order valence-electron chi connectivity index (χ0n) is 20.2. The molecule has 1 aliphatic rings. The van der Waals surface area contributed by atoms with Gasteiger partial charge in [0.25, 0.3) is 0 Å². The van der Waals surface area contributed by atoms with Crippen LogP contribution in [0.3, 0.4) is 0 Å². The van der Waals surface area contributed by atoms with Gasteiger partial charge in [-0.15, -0.1) is 0 Å². The Morgan fingerprint density at radius 3 is 2.69 bits per heavy atom. The second-order valence-corrected chi connectivity index (χ2v) is 11.0. The Hall–Kier alpha value is -2.56. The number of benzene rings is 1. The monoisotopic (exact) mass is 519 g/mol. The summed E-state index contributed by atoms with van der Waals surface area (Å²) in [6.07, 6.45) is 6.14. The zero-order valence-corrected chi connectivity index (χ0v) is 21.8. The first-order valence-corrected chi connectivity index (χ1v) is 13.8. The smallest absolute Gasteiger partial charge is 0.229 e. The van der Waals surface area contributed by atoms with Crippen molar-refractivity contribution in [3.8, 4) is 0 Å². The van der Waals surface area contributed by atoms with E-state index in [2.05, 4.69) is 35.7 Å². The first-order chi connectivity index (χ1) is 16.8. The molecule has 0 radical (unpaired) electrons. The molecule has 11 heteroatoms. The number of aryl methyl sites for hydroxylation is 2. The molecular weight excluding hydrogens is 489 g/mol. The minimum Gasteiger partial charge on any atom is -0.322 e. The van der Waals surface area contributed by atoms with E-state index in [9.17, 15) is 4.21 Å². The van der Waals surface area contributed by atoms with Crippen molar-refractivity contribution < 1.29 is 8.60 Å². The first kappa shape index (κ1) is 25.5. The van der Waals surface area contributed by atoms with Gasteiger partial charge in [0.1, 0.15) is 10.8 Å². The summed E-state index contributed by atoms with van der Waals surface area (Å²) in [6.45, 7) is 6.83. The molecule has 3 heterocycles. The molecule has 1 saturated heterocycles. The molecule has 1 fully saturated rings. The van der Waals surface area contributed by atoms with Crippen LogP contribution in [0.5, 0.6) is 0 Å². The number of nitrogens with one attached hydrogen (secondary N) is 3. The van der Waals surface area contributed by atoms with E-state index in [1.165, 1.54) is 6.20 Å². The molecule has 2 aromatic heterocycles. The summed E-state index contributed by atoms with van der Waals surface area (Å²) in [7, 11) is -0.738. The SMILES string of the molecule is Cc1cc(Nc2nc(Nc3cc(C)c(C4CCN(CCCS(C)=O)CC4)cc3F)ncc2Cl)n[nH]1. The summed E-state index contributed by atoms with van der Waals surface area (Å²) < 4.78 is 26.4. The molecule has 1 atom stereocenters. The van der Waals surface area contributed by atoms with Gasteiger partial charge < -0.3 is 15.5 Å². The average molecular weight is 520 g/mol. The van der Waals surface area contributed by atoms with Crippen molar-refractivity contribution in [2.24, 2.45) is 0 Å². The number of aromatic nitrogens is 4. The van der Waals surface area contributed by atoms with Gasteiger partial charge in [-0.1, -0.05) is 11.6 Å². The molecule has 1 aromatic carbocycles. The summed E-state index contributed by atoms with van der Waals surface area (Å²) in [5.41, 5.74) is 3.30. The third-order valence-corrected chi connectivity index (χ3v) is 7.37. The van der Waals surface area contributed by atoms with Gasteiger partial charge in [0, 0.05) is 34.6 Å². The van der Waals surface area contributed by atoms with Crippen LogP contribution in [0, 0.1) is 19.7 Å². The number of halogens is 2. The standard InChI is InChI=1S/C24H31ClFN7OS/c1-15-11-21(28-24-27-14-19(25)23(30-24)29-22-12-16(2)31-32-22)20(26)13-18(15)17-5-8-33(9-6-17)7-4-10-35(3)34/h11-14,17H,4-10H2,1-3H3,(H3,27,28,29,30,31,32). The molecule has 4 rings (SSSR count). The van der Waals surface area contributed by atoms with Crippen molar-refractivity contribution in [3.05, 3.63) is 52.1 Å². The van der Waals surface area contributed by atoms with E-state index in [0.717, 1.165) is 61.5 Å². The van der Waals surface area contributed by atoms with Crippen molar-refractivity contribution in [1.82, 2.24) is 25.1 Å². The largest absolute Gasteiger partial charge is 0.322 e. The highest BCUT2D eigenvalue weighted by Crippen LogP contribution is 2.34. The lowest BCUT2D eigenvalue weighted by Gasteiger charge is -2.33. The Balaban J connectivity index is 1.41. The Kier molecular flexibility index (Phi) is 8.35. The molecule has 1 unspecified atom stereocenters. The van der Waals surface area contributed by atoms with Crippen molar-refractivity contribution in [3.63, 3.8) is 0 Å². The second kappa shape index (κ2) is 11.5. The maximum atomic E-state index is 15.1. The fourth-order valence-electron chi connectivity index (χ4n) is 4.43.